The molecule has 1 aliphatic heterocycles. The van der Waals surface area contributed by atoms with Crippen LogP contribution in [0.5, 0.6) is 0 Å². The predicted molar refractivity (Wildman–Crippen MR) is 54.0 cm³/mol. The summed E-state index contributed by atoms with van der Waals surface area (Å²) in [6.45, 7) is 1.06. The van der Waals surface area contributed by atoms with E-state index in [0.29, 0.717) is 11.9 Å². The molecule has 1 aliphatic rings. The molecule has 0 spiro atoms. The average Bonchev–Trinajstić information content (AvgIpc) is 2.54. The van der Waals surface area contributed by atoms with E-state index in [9.17, 15) is 4.79 Å². The number of nitrogens with zero attached hydrogens (tertiary/aromatic N) is 1. The molecule has 0 bridgehead atoms. The molecule has 0 saturated carbocycles. The average molecular weight is 194 g/mol. The van der Waals surface area contributed by atoms with E-state index in [1.54, 1.807) is 6.07 Å². The van der Waals surface area contributed by atoms with Crippen LogP contribution in [0, 0.1) is 0 Å². The van der Waals surface area contributed by atoms with Gasteiger partial charge in [-0.15, -0.1) is 0 Å². The van der Waals surface area contributed by atoms with E-state index < -0.39 is 0 Å². The van der Waals surface area contributed by atoms with E-state index in [0.717, 1.165) is 25.1 Å². The van der Waals surface area contributed by atoms with Gasteiger partial charge in [-0.3, -0.25) is 0 Å². The minimum Gasteiger partial charge on any atom is -0.383 e. The lowest BCUT2D eigenvalue weighted by atomic mass is 10.1. The van der Waals surface area contributed by atoms with Crippen molar-refractivity contribution in [3.63, 3.8) is 0 Å². The normalized spacial score (nSPS) is 21.3. The van der Waals surface area contributed by atoms with Gasteiger partial charge in [0.2, 0.25) is 0 Å². The summed E-state index contributed by atoms with van der Waals surface area (Å²) < 4.78 is 0. The molecule has 0 amide bonds. The van der Waals surface area contributed by atoms with Gasteiger partial charge >= 0.3 is 5.69 Å². The van der Waals surface area contributed by atoms with Crippen molar-refractivity contribution < 1.29 is 0 Å². The van der Waals surface area contributed by atoms with E-state index in [4.69, 9.17) is 5.73 Å². The zero-order valence-electron chi connectivity index (χ0n) is 7.92. The Balaban J connectivity index is 2.11. The Kier molecular flexibility index (Phi) is 2.49. The fraction of sp³-hybridized carbons (Fsp3) is 0.556. The summed E-state index contributed by atoms with van der Waals surface area (Å²) in [5, 5.41) is 3.36. The van der Waals surface area contributed by atoms with Gasteiger partial charge in [-0.25, -0.2) is 4.79 Å². The summed E-state index contributed by atoms with van der Waals surface area (Å²) in [6.07, 6.45) is 3.18. The van der Waals surface area contributed by atoms with E-state index in [1.165, 1.54) is 6.42 Å². The number of nitrogens with two attached hydrogens (primary N) is 1. The molecule has 2 rings (SSSR count). The fourth-order valence-corrected chi connectivity index (χ4v) is 1.84. The lowest BCUT2D eigenvalue weighted by Gasteiger charge is -2.09. The largest absolute Gasteiger partial charge is 0.383 e. The van der Waals surface area contributed by atoms with Crippen LogP contribution in [0.4, 0.5) is 5.82 Å². The lowest BCUT2D eigenvalue weighted by molar-refractivity contribution is 0.593. The molecule has 0 radical (unpaired) electrons. The van der Waals surface area contributed by atoms with Gasteiger partial charge < -0.3 is 16.0 Å². The standard InChI is InChI=1S/C9H14N4O/c10-8-5-7(12-9(14)13-8)4-6-2-1-3-11-6/h5-6,11H,1-4H2,(H3,10,12,13,14). The van der Waals surface area contributed by atoms with Gasteiger partial charge in [-0.05, 0) is 25.5 Å². The van der Waals surface area contributed by atoms with Gasteiger partial charge in [0.1, 0.15) is 5.82 Å². The lowest BCUT2D eigenvalue weighted by Crippen LogP contribution is -2.26. The fourth-order valence-electron chi connectivity index (χ4n) is 1.84. The molecule has 1 atom stereocenters. The van der Waals surface area contributed by atoms with Gasteiger partial charge in [0.15, 0.2) is 0 Å². The summed E-state index contributed by atoms with van der Waals surface area (Å²) in [6, 6.07) is 2.19. The van der Waals surface area contributed by atoms with Crippen molar-refractivity contribution in [1.29, 1.82) is 0 Å². The molecule has 5 heteroatoms. The second-order valence-corrected chi connectivity index (χ2v) is 3.63. The second-order valence-electron chi connectivity index (χ2n) is 3.63. The van der Waals surface area contributed by atoms with Crippen molar-refractivity contribution in [2.75, 3.05) is 12.3 Å². The summed E-state index contributed by atoms with van der Waals surface area (Å²) in [7, 11) is 0. The molecule has 0 aliphatic carbocycles. The van der Waals surface area contributed by atoms with Crippen molar-refractivity contribution in [3.8, 4) is 0 Å². The number of H-pyrrole nitrogens is 1. The van der Waals surface area contributed by atoms with Crippen LogP contribution in [-0.2, 0) is 6.42 Å². The molecule has 0 aromatic carbocycles. The molecule has 76 valence electrons. The third kappa shape index (κ3) is 2.11. The number of aromatic nitrogens is 2. The van der Waals surface area contributed by atoms with Crippen LogP contribution in [0.15, 0.2) is 10.9 Å². The Labute approximate surface area is 81.7 Å². The molecule has 14 heavy (non-hydrogen) atoms. The highest BCUT2D eigenvalue weighted by molar-refractivity contribution is 5.28. The molecule has 4 N–H and O–H groups in total. The number of hydrogen-bond donors (Lipinski definition) is 3. The summed E-state index contributed by atoms with van der Waals surface area (Å²) in [5.74, 6) is 0.293. The van der Waals surface area contributed by atoms with Crippen LogP contribution in [-0.4, -0.2) is 22.6 Å². The van der Waals surface area contributed by atoms with Crippen molar-refractivity contribution >= 4 is 5.82 Å². The first-order valence-electron chi connectivity index (χ1n) is 4.83. The first-order valence-corrected chi connectivity index (χ1v) is 4.83. The maximum absolute atomic E-state index is 11.0. The monoisotopic (exact) mass is 194 g/mol. The Hall–Kier alpha value is -1.36. The number of nitrogen functional groups attached to an aromatic ring is 1. The molecule has 1 unspecified atom stereocenters. The quantitative estimate of drug-likeness (QED) is 0.600. The SMILES string of the molecule is Nc1cc(CC2CCCN2)[nH]c(=O)n1. The zero-order chi connectivity index (χ0) is 9.97. The number of rotatable bonds is 2. The first kappa shape index (κ1) is 9.21. The van der Waals surface area contributed by atoms with Crippen LogP contribution in [0.3, 0.4) is 0 Å². The molecule has 1 saturated heterocycles. The first-order chi connectivity index (χ1) is 6.74. The smallest absolute Gasteiger partial charge is 0.347 e. The van der Waals surface area contributed by atoms with Crippen LogP contribution in [0.25, 0.3) is 0 Å². The van der Waals surface area contributed by atoms with Gasteiger partial charge in [0, 0.05) is 18.2 Å². The van der Waals surface area contributed by atoms with Crippen molar-refractivity contribution in [1.82, 2.24) is 15.3 Å². The summed E-state index contributed by atoms with van der Waals surface area (Å²) in [4.78, 5) is 17.3. The Bertz CT molecular complexity index is 367. The van der Waals surface area contributed by atoms with Crippen molar-refractivity contribution in [2.24, 2.45) is 0 Å². The van der Waals surface area contributed by atoms with Gasteiger partial charge in [0.05, 0.1) is 0 Å². The molecule has 5 nitrogen and oxygen atoms in total. The van der Waals surface area contributed by atoms with E-state index in [-0.39, 0.29) is 5.69 Å². The number of hydrogen-bond acceptors (Lipinski definition) is 4. The van der Waals surface area contributed by atoms with E-state index in [1.807, 2.05) is 0 Å². The third-order valence-corrected chi connectivity index (χ3v) is 2.45. The predicted octanol–water partition coefficient (Wildman–Crippen LogP) is -0.353. The van der Waals surface area contributed by atoms with Gasteiger partial charge in [-0.2, -0.15) is 4.98 Å². The number of anilines is 1. The molecule has 1 aromatic heterocycles. The Morgan fingerprint density at radius 1 is 1.64 bits per heavy atom. The van der Waals surface area contributed by atoms with Crippen molar-refractivity contribution in [2.45, 2.75) is 25.3 Å². The van der Waals surface area contributed by atoms with Crippen molar-refractivity contribution in [3.05, 3.63) is 22.2 Å². The maximum atomic E-state index is 11.0. The second kappa shape index (κ2) is 3.79. The molecule has 1 aromatic rings. The third-order valence-electron chi connectivity index (χ3n) is 2.45. The minimum atomic E-state index is -0.363. The molecular weight excluding hydrogens is 180 g/mol. The van der Waals surface area contributed by atoms with Gasteiger partial charge in [0.25, 0.3) is 0 Å². The Morgan fingerprint density at radius 2 is 2.50 bits per heavy atom. The topological polar surface area (TPSA) is 83.8 Å². The molecule has 2 heterocycles. The molecule has 1 fully saturated rings. The zero-order valence-corrected chi connectivity index (χ0v) is 7.92. The highest BCUT2D eigenvalue weighted by atomic mass is 16.1. The number of nitrogens with one attached hydrogen (secondary N) is 2. The molecular formula is C9H14N4O. The van der Waals surface area contributed by atoms with E-state index in [2.05, 4.69) is 15.3 Å². The van der Waals surface area contributed by atoms with Gasteiger partial charge in [-0.1, -0.05) is 0 Å². The minimum absolute atomic E-state index is 0.293. The summed E-state index contributed by atoms with van der Waals surface area (Å²) >= 11 is 0. The van der Waals surface area contributed by atoms with E-state index >= 15 is 0 Å². The van der Waals surface area contributed by atoms with Crippen LogP contribution in [0.2, 0.25) is 0 Å². The van der Waals surface area contributed by atoms with Crippen LogP contribution < -0.4 is 16.7 Å². The maximum Gasteiger partial charge on any atom is 0.347 e. The summed E-state index contributed by atoms with van der Waals surface area (Å²) in [5.41, 5.74) is 5.98. The van der Waals surface area contributed by atoms with Crippen LogP contribution in [0.1, 0.15) is 18.5 Å². The highest BCUT2D eigenvalue weighted by Crippen LogP contribution is 2.10. The number of aromatic amines is 1. The Morgan fingerprint density at radius 3 is 3.14 bits per heavy atom. The highest BCUT2D eigenvalue weighted by Gasteiger charge is 2.14. The van der Waals surface area contributed by atoms with Crippen LogP contribution >= 0.6 is 0 Å².